The highest BCUT2D eigenvalue weighted by molar-refractivity contribution is 6.07. The predicted molar refractivity (Wildman–Crippen MR) is 71.0 cm³/mol. The Labute approximate surface area is 103 Å². The second kappa shape index (κ2) is 3.82. The van der Waals surface area contributed by atoms with Crippen molar-refractivity contribution in [3.63, 3.8) is 0 Å². The normalized spacial score (nSPS) is 12.9. The van der Waals surface area contributed by atoms with Crippen LogP contribution in [0.1, 0.15) is 11.7 Å². The van der Waals surface area contributed by atoms with Gasteiger partial charge in [0, 0.05) is 5.39 Å². The standard InChI is InChI=1S/C13H12N4O/c1-2-9(18)7-4-3-5-8-10(7)11-12(13(14)17-8)16-6-15-11/h2-6,9,18H,1H2,(H2,14,17)(H,15,16). The summed E-state index contributed by atoms with van der Waals surface area (Å²) in [5.41, 5.74) is 8.72. The van der Waals surface area contributed by atoms with Gasteiger partial charge in [0.05, 0.1) is 23.5 Å². The topological polar surface area (TPSA) is 87.8 Å². The van der Waals surface area contributed by atoms with E-state index in [0.29, 0.717) is 11.3 Å². The molecule has 90 valence electrons. The van der Waals surface area contributed by atoms with Crippen LogP contribution in [0.5, 0.6) is 0 Å². The number of benzene rings is 1. The fraction of sp³-hybridized carbons (Fsp3) is 0.0769. The average molecular weight is 240 g/mol. The Hall–Kier alpha value is -2.40. The van der Waals surface area contributed by atoms with Crippen LogP contribution in [0.2, 0.25) is 0 Å². The number of rotatable bonds is 2. The van der Waals surface area contributed by atoms with Crippen LogP contribution >= 0.6 is 0 Å². The number of aromatic nitrogens is 3. The highest BCUT2D eigenvalue weighted by atomic mass is 16.3. The lowest BCUT2D eigenvalue weighted by Gasteiger charge is -2.10. The first-order valence-electron chi connectivity index (χ1n) is 5.54. The zero-order valence-corrected chi connectivity index (χ0v) is 9.59. The number of imidazole rings is 1. The minimum Gasteiger partial charge on any atom is -0.384 e. The Morgan fingerprint density at radius 3 is 3.06 bits per heavy atom. The molecule has 0 fully saturated rings. The molecular formula is C13H12N4O. The van der Waals surface area contributed by atoms with Crippen LogP contribution in [-0.2, 0) is 0 Å². The molecule has 1 atom stereocenters. The van der Waals surface area contributed by atoms with E-state index in [1.165, 1.54) is 6.08 Å². The van der Waals surface area contributed by atoms with E-state index in [1.807, 2.05) is 18.2 Å². The van der Waals surface area contributed by atoms with E-state index in [1.54, 1.807) is 6.33 Å². The molecule has 0 aliphatic heterocycles. The van der Waals surface area contributed by atoms with Crippen LogP contribution in [-0.4, -0.2) is 20.1 Å². The number of nitrogens with two attached hydrogens (primary N) is 1. The smallest absolute Gasteiger partial charge is 0.152 e. The second-order valence-electron chi connectivity index (χ2n) is 4.05. The number of aliphatic hydroxyl groups is 1. The molecule has 0 saturated carbocycles. The maximum atomic E-state index is 9.98. The van der Waals surface area contributed by atoms with Crippen molar-refractivity contribution in [1.29, 1.82) is 0 Å². The van der Waals surface area contributed by atoms with Gasteiger partial charge < -0.3 is 15.8 Å². The molecule has 4 N–H and O–H groups in total. The molecule has 0 amide bonds. The number of aliphatic hydroxyl groups excluding tert-OH is 1. The Morgan fingerprint density at radius 2 is 2.28 bits per heavy atom. The SMILES string of the molecule is C=CC(O)c1cccc2nc(N)c3nc[nH]c3c12. The lowest BCUT2D eigenvalue weighted by atomic mass is 10.0. The van der Waals surface area contributed by atoms with Crippen molar-refractivity contribution < 1.29 is 5.11 Å². The maximum absolute atomic E-state index is 9.98. The van der Waals surface area contributed by atoms with Gasteiger partial charge in [-0.3, -0.25) is 0 Å². The van der Waals surface area contributed by atoms with Crippen LogP contribution < -0.4 is 5.73 Å². The fourth-order valence-electron chi connectivity index (χ4n) is 2.16. The van der Waals surface area contributed by atoms with E-state index >= 15 is 0 Å². The van der Waals surface area contributed by atoms with Crippen LogP contribution in [0, 0.1) is 0 Å². The van der Waals surface area contributed by atoms with E-state index in [4.69, 9.17) is 5.73 Å². The van der Waals surface area contributed by atoms with Crippen molar-refractivity contribution >= 4 is 27.8 Å². The maximum Gasteiger partial charge on any atom is 0.152 e. The summed E-state index contributed by atoms with van der Waals surface area (Å²) in [5.74, 6) is 0.379. The van der Waals surface area contributed by atoms with Gasteiger partial charge in [0.15, 0.2) is 5.82 Å². The van der Waals surface area contributed by atoms with Crippen molar-refractivity contribution in [2.24, 2.45) is 0 Å². The third kappa shape index (κ3) is 1.38. The molecule has 3 rings (SSSR count). The van der Waals surface area contributed by atoms with E-state index in [-0.39, 0.29) is 0 Å². The number of nitrogens with zero attached hydrogens (tertiary/aromatic N) is 2. The van der Waals surface area contributed by atoms with Crippen molar-refractivity contribution in [2.75, 3.05) is 5.73 Å². The molecule has 18 heavy (non-hydrogen) atoms. The van der Waals surface area contributed by atoms with E-state index in [9.17, 15) is 5.11 Å². The summed E-state index contributed by atoms with van der Waals surface area (Å²) in [5, 5.41) is 10.8. The molecule has 0 saturated heterocycles. The van der Waals surface area contributed by atoms with Gasteiger partial charge in [0.2, 0.25) is 0 Å². The van der Waals surface area contributed by atoms with Crippen molar-refractivity contribution in [1.82, 2.24) is 15.0 Å². The van der Waals surface area contributed by atoms with E-state index in [2.05, 4.69) is 21.5 Å². The van der Waals surface area contributed by atoms with Crippen molar-refractivity contribution in [2.45, 2.75) is 6.10 Å². The molecule has 0 aliphatic carbocycles. The summed E-state index contributed by atoms with van der Waals surface area (Å²) in [6.45, 7) is 3.61. The number of hydrogen-bond acceptors (Lipinski definition) is 4. The first-order valence-corrected chi connectivity index (χ1v) is 5.54. The van der Waals surface area contributed by atoms with Gasteiger partial charge in [0.1, 0.15) is 5.52 Å². The summed E-state index contributed by atoms with van der Waals surface area (Å²) in [6, 6.07) is 5.52. The zero-order valence-electron chi connectivity index (χ0n) is 9.59. The van der Waals surface area contributed by atoms with Gasteiger partial charge in [-0.25, -0.2) is 9.97 Å². The minimum absolute atomic E-state index is 0.379. The zero-order chi connectivity index (χ0) is 12.7. The Kier molecular flexibility index (Phi) is 2.28. The predicted octanol–water partition coefficient (Wildman–Crippen LogP) is 1.91. The first kappa shape index (κ1) is 10.7. The molecule has 5 heteroatoms. The molecule has 1 aromatic carbocycles. The molecule has 5 nitrogen and oxygen atoms in total. The number of aromatic amines is 1. The van der Waals surface area contributed by atoms with Gasteiger partial charge in [-0.05, 0) is 11.6 Å². The van der Waals surface area contributed by atoms with Crippen molar-refractivity contribution in [3.05, 3.63) is 42.7 Å². The molecule has 2 heterocycles. The highest BCUT2D eigenvalue weighted by Gasteiger charge is 2.14. The summed E-state index contributed by atoms with van der Waals surface area (Å²) in [7, 11) is 0. The fourth-order valence-corrected chi connectivity index (χ4v) is 2.16. The Bertz CT molecular complexity index is 747. The number of nitrogens with one attached hydrogen (secondary N) is 1. The van der Waals surface area contributed by atoms with E-state index < -0.39 is 6.10 Å². The van der Waals surface area contributed by atoms with Crippen LogP contribution in [0.25, 0.3) is 21.9 Å². The number of fused-ring (bicyclic) bond motifs is 3. The van der Waals surface area contributed by atoms with Crippen LogP contribution in [0.3, 0.4) is 0 Å². The largest absolute Gasteiger partial charge is 0.384 e. The minimum atomic E-state index is -0.745. The highest BCUT2D eigenvalue weighted by Crippen LogP contribution is 2.31. The molecule has 0 bridgehead atoms. The lowest BCUT2D eigenvalue weighted by Crippen LogP contribution is -1.98. The summed E-state index contributed by atoms with van der Waals surface area (Å²) in [6.07, 6.45) is 2.30. The molecule has 0 spiro atoms. The van der Waals surface area contributed by atoms with Crippen LogP contribution in [0.15, 0.2) is 37.2 Å². The number of nitrogen functional groups attached to an aromatic ring is 1. The van der Waals surface area contributed by atoms with Gasteiger partial charge in [-0.1, -0.05) is 18.2 Å². The molecule has 0 aliphatic rings. The van der Waals surface area contributed by atoms with Gasteiger partial charge in [-0.15, -0.1) is 6.58 Å². The quantitative estimate of drug-likeness (QED) is 0.597. The van der Waals surface area contributed by atoms with Gasteiger partial charge in [-0.2, -0.15) is 0 Å². The Balaban J connectivity index is 2.52. The Morgan fingerprint density at radius 1 is 1.44 bits per heavy atom. The molecule has 1 unspecified atom stereocenters. The number of H-pyrrole nitrogens is 1. The van der Waals surface area contributed by atoms with Gasteiger partial charge in [0.25, 0.3) is 0 Å². The molecule has 3 aromatic rings. The number of hydrogen-bond donors (Lipinski definition) is 3. The average Bonchev–Trinajstić information content (AvgIpc) is 2.87. The summed E-state index contributed by atoms with van der Waals surface area (Å²) >= 11 is 0. The van der Waals surface area contributed by atoms with Crippen LogP contribution in [0.4, 0.5) is 5.82 Å². The summed E-state index contributed by atoms with van der Waals surface area (Å²) < 4.78 is 0. The third-order valence-corrected chi connectivity index (χ3v) is 2.99. The third-order valence-electron chi connectivity index (χ3n) is 2.99. The monoisotopic (exact) mass is 240 g/mol. The first-order chi connectivity index (χ1) is 8.72. The number of anilines is 1. The van der Waals surface area contributed by atoms with Crippen molar-refractivity contribution in [3.8, 4) is 0 Å². The second-order valence-corrected chi connectivity index (χ2v) is 4.05. The molecule has 0 radical (unpaired) electrons. The van der Waals surface area contributed by atoms with E-state index in [0.717, 1.165) is 22.0 Å². The number of pyridine rings is 1. The molecule has 2 aromatic heterocycles. The summed E-state index contributed by atoms with van der Waals surface area (Å²) in [4.78, 5) is 11.5. The van der Waals surface area contributed by atoms with Gasteiger partial charge >= 0.3 is 0 Å². The molecular weight excluding hydrogens is 228 g/mol. The lowest BCUT2D eigenvalue weighted by molar-refractivity contribution is 0.230.